The maximum absolute atomic E-state index is 11.2. The summed E-state index contributed by atoms with van der Waals surface area (Å²) in [6.45, 7) is 0.808. The van der Waals surface area contributed by atoms with Crippen molar-refractivity contribution in [3.05, 3.63) is 35.4 Å². The highest BCUT2D eigenvalue weighted by atomic mass is 16.4. The lowest BCUT2D eigenvalue weighted by molar-refractivity contribution is -0.141. The van der Waals surface area contributed by atoms with Crippen LogP contribution in [-0.2, 0) is 11.2 Å². The first-order chi connectivity index (χ1) is 11.0. The average molecular weight is 317 g/mol. The van der Waals surface area contributed by atoms with Gasteiger partial charge in [-0.3, -0.25) is 4.79 Å². The van der Waals surface area contributed by atoms with E-state index in [-0.39, 0.29) is 0 Å². The summed E-state index contributed by atoms with van der Waals surface area (Å²) in [7, 11) is 0. The number of nitrogens with one attached hydrogen (secondary N) is 1. The number of hydrogen-bond donors (Lipinski definition) is 3. The summed E-state index contributed by atoms with van der Waals surface area (Å²) in [6.07, 6.45) is 4.92. The van der Waals surface area contributed by atoms with E-state index in [2.05, 4.69) is 5.32 Å². The van der Waals surface area contributed by atoms with E-state index in [1.165, 1.54) is 0 Å². The molecule has 5 nitrogen and oxygen atoms in total. The highest BCUT2D eigenvalue weighted by molar-refractivity contribution is 5.87. The number of carbonyl (C=O) groups is 2. The average Bonchev–Trinajstić information content (AvgIpc) is 2.54. The third kappa shape index (κ3) is 3.72. The predicted octanol–water partition coefficient (Wildman–Crippen LogP) is 2.41. The number of rotatable bonds is 4. The Labute approximate surface area is 135 Å². The third-order valence-electron chi connectivity index (χ3n) is 5.41. The van der Waals surface area contributed by atoms with Crippen LogP contribution < -0.4 is 5.32 Å². The monoisotopic (exact) mass is 317 g/mol. The molecule has 2 aliphatic rings. The normalized spacial score (nSPS) is 30.4. The minimum absolute atomic E-state index is 0.337. The van der Waals surface area contributed by atoms with Gasteiger partial charge >= 0.3 is 11.9 Å². The van der Waals surface area contributed by atoms with Gasteiger partial charge in [0.05, 0.1) is 5.56 Å². The lowest BCUT2D eigenvalue weighted by atomic mass is 9.68. The SMILES string of the molecule is O=C(O)c1cccc(C[C@H]2CC[C@H]3CN[C@H](C(=O)O)C[C@H]3C2)c1. The molecule has 1 heterocycles. The number of aliphatic carboxylic acids is 1. The Morgan fingerprint density at radius 2 is 1.96 bits per heavy atom. The molecule has 1 aromatic carbocycles. The van der Waals surface area contributed by atoms with Crippen molar-refractivity contribution in [3.8, 4) is 0 Å². The van der Waals surface area contributed by atoms with Crippen LogP contribution in [0, 0.1) is 17.8 Å². The molecule has 0 amide bonds. The zero-order valence-electron chi connectivity index (χ0n) is 13.1. The molecule has 4 atom stereocenters. The number of hydrogen-bond acceptors (Lipinski definition) is 3. The topological polar surface area (TPSA) is 86.6 Å². The van der Waals surface area contributed by atoms with Gasteiger partial charge in [-0.15, -0.1) is 0 Å². The molecule has 1 aliphatic carbocycles. The standard InChI is InChI=1S/C18H23NO4/c20-17(21)13-3-1-2-11(7-13)6-12-4-5-14-10-19-16(18(22)23)9-15(14)8-12/h1-3,7,12,14-16,19H,4-6,8-10H2,(H,20,21)(H,22,23)/t12-,14+,15-,16+/m1/s1. The van der Waals surface area contributed by atoms with E-state index in [1.54, 1.807) is 18.2 Å². The molecule has 0 spiro atoms. The van der Waals surface area contributed by atoms with Gasteiger partial charge in [-0.1, -0.05) is 12.1 Å². The van der Waals surface area contributed by atoms with Crippen LogP contribution in [-0.4, -0.2) is 34.7 Å². The largest absolute Gasteiger partial charge is 0.480 e. The number of benzene rings is 1. The Bertz CT molecular complexity index is 600. The van der Waals surface area contributed by atoms with Gasteiger partial charge in [0, 0.05) is 0 Å². The first-order valence-electron chi connectivity index (χ1n) is 8.31. The molecule has 5 heteroatoms. The third-order valence-corrected chi connectivity index (χ3v) is 5.41. The van der Waals surface area contributed by atoms with Crippen molar-refractivity contribution >= 4 is 11.9 Å². The summed E-state index contributed by atoms with van der Waals surface area (Å²) < 4.78 is 0. The zero-order valence-corrected chi connectivity index (χ0v) is 13.1. The zero-order chi connectivity index (χ0) is 16.4. The fraction of sp³-hybridized carbons (Fsp3) is 0.556. The molecule has 1 aliphatic heterocycles. The molecule has 124 valence electrons. The number of piperidine rings is 1. The van der Waals surface area contributed by atoms with Crippen LogP contribution in [0.5, 0.6) is 0 Å². The molecule has 1 aromatic rings. The lowest BCUT2D eigenvalue weighted by Gasteiger charge is -2.41. The number of aromatic carboxylic acids is 1. The van der Waals surface area contributed by atoms with E-state index in [9.17, 15) is 14.7 Å². The second-order valence-corrected chi connectivity index (χ2v) is 6.94. The summed E-state index contributed by atoms with van der Waals surface area (Å²) in [4.78, 5) is 22.3. The first-order valence-corrected chi connectivity index (χ1v) is 8.31. The van der Waals surface area contributed by atoms with Gasteiger partial charge in [-0.05, 0) is 74.1 Å². The van der Waals surface area contributed by atoms with E-state index in [0.717, 1.165) is 37.8 Å². The summed E-state index contributed by atoms with van der Waals surface area (Å²) in [6, 6.07) is 6.76. The molecule has 0 aromatic heterocycles. The van der Waals surface area contributed by atoms with Crippen LogP contribution in [0.15, 0.2) is 24.3 Å². The van der Waals surface area contributed by atoms with Crippen molar-refractivity contribution < 1.29 is 19.8 Å². The van der Waals surface area contributed by atoms with Crippen molar-refractivity contribution in [2.45, 2.75) is 38.1 Å². The van der Waals surface area contributed by atoms with E-state index in [0.29, 0.717) is 29.7 Å². The van der Waals surface area contributed by atoms with Gasteiger partial charge in [-0.2, -0.15) is 0 Å². The van der Waals surface area contributed by atoms with Gasteiger partial charge in [-0.25, -0.2) is 4.79 Å². The van der Waals surface area contributed by atoms with Crippen molar-refractivity contribution in [2.75, 3.05) is 6.54 Å². The molecule has 1 saturated heterocycles. The molecule has 3 N–H and O–H groups in total. The molecular formula is C18H23NO4. The van der Waals surface area contributed by atoms with E-state index < -0.39 is 18.0 Å². The van der Waals surface area contributed by atoms with Crippen molar-refractivity contribution in [2.24, 2.45) is 17.8 Å². The number of fused-ring (bicyclic) bond motifs is 1. The molecule has 0 radical (unpaired) electrons. The molecule has 0 unspecified atom stereocenters. The minimum atomic E-state index is -0.891. The number of carboxylic acid groups (broad SMARTS) is 2. The van der Waals surface area contributed by atoms with Crippen LogP contribution in [0.2, 0.25) is 0 Å². The predicted molar refractivity (Wildman–Crippen MR) is 85.5 cm³/mol. The number of carboxylic acids is 2. The van der Waals surface area contributed by atoms with Crippen LogP contribution in [0.1, 0.15) is 41.6 Å². The fourth-order valence-corrected chi connectivity index (χ4v) is 4.20. The highest BCUT2D eigenvalue weighted by Gasteiger charge is 2.37. The molecule has 0 bridgehead atoms. The van der Waals surface area contributed by atoms with Crippen LogP contribution in [0.3, 0.4) is 0 Å². The van der Waals surface area contributed by atoms with Crippen molar-refractivity contribution in [1.29, 1.82) is 0 Å². The molecule has 23 heavy (non-hydrogen) atoms. The Kier molecular flexibility index (Phi) is 4.66. The van der Waals surface area contributed by atoms with E-state index in [4.69, 9.17) is 5.11 Å². The van der Waals surface area contributed by atoms with Gasteiger partial charge in [0.25, 0.3) is 0 Å². The van der Waals surface area contributed by atoms with Gasteiger partial charge < -0.3 is 15.5 Å². The Morgan fingerprint density at radius 1 is 1.13 bits per heavy atom. The summed E-state index contributed by atoms with van der Waals surface area (Å²) in [5.41, 5.74) is 1.40. The highest BCUT2D eigenvalue weighted by Crippen LogP contribution is 2.39. The quantitative estimate of drug-likeness (QED) is 0.794. The van der Waals surface area contributed by atoms with Crippen LogP contribution in [0.25, 0.3) is 0 Å². The summed E-state index contributed by atoms with van der Waals surface area (Å²) >= 11 is 0. The van der Waals surface area contributed by atoms with Crippen LogP contribution in [0.4, 0.5) is 0 Å². The second kappa shape index (κ2) is 6.71. The molecular weight excluding hydrogens is 294 g/mol. The molecule has 2 fully saturated rings. The lowest BCUT2D eigenvalue weighted by Crippen LogP contribution is -2.49. The van der Waals surface area contributed by atoms with E-state index in [1.807, 2.05) is 6.07 Å². The van der Waals surface area contributed by atoms with Crippen LogP contribution >= 0.6 is 0 Å². The maximum atomic E-state index is 11.2. The summed E-state index contributed by atoms with van der Waals surface area (Å²) in [5.74, 6) is -0.0586. The van der Waals surface area contributed by atoms with Gasteiger partial charge in [0.2, 0.25) is 0 Å². The van der Waals surface area contributed by atoms with Crippen molar-refractivity contribution in [1.82, 2.24) is 5.32 Å². The summed E-state index contributed by atoms with van der Waals surface area (Å²) in [5, 5.41) is 21.4. The smallest absolute Gasteiger partial charge is 0.335 e. The second-order valence-electron chi connectivity index (χ2n) is 6.94. The maximum Gasteiger partial charge on any atom is 0.335 e. The molecule has 3 rings (SSSR count). The Hall–Kier alpha value is -1.88. The Morgan fingerprint density at radius 3 is 2.70 bits per heavy atom. The van der Waals surface area contributed by atoms with E-state index >= 15 is 0 Å². The first kappa shape index (κ1) is 16.0. The van der Waals surface area contributed by atoms with Crippen molar-refractivity contribution in [3.63, 3.8) is 0 Å². The van der Waals surface area contributed by atoms with Gasteiger partial charge in [0.1, 0.15) is 6.04 Å². The molecule has 1 saturated carbocycles. The fourth-order valence-electron chi connectivity index (χ4n) is 4.20. The Balaban J connectivity index is 1.63. The van der Waals surface area contributed by atoms with Gasteiger partial charge in [0.15, 0.2) is 0 Å². The minimum Gasteiger partial charge on any atom is -0.480 e.